The maximum absolute atomic E-state index is 8.31. The molecule has 0 unspecified atom stereocenters. The molecule has 1 saturated heterocycles. The zero-order valence-corrected chi connectivity index (χ0v) is 14.6. The molecule has 1 fully saturated rings. The SMILES string of the molecule is Cc1c[nH]cc1C1=NCN([C@@H]2CCN(CCCN=[N+]=[N-])C2)C=C1Cl. The Balaban J connectivity index is 1.56. The van der Waals surface area contributed by atoms with E-state index in [-0.39, 0.29) is 0 Å². The second-order valence-electron chi connectivity index (χ2n) is 6.24. The van der Waals surface area contributed by atoms with E-state index in [1.54, 1.807) is 0 Å². The molecule has 3 heterocycles. The molecule has 0 saturated carbocycles. The highest BCUT2D eigenvalue weighted by atomic mass is 35.5. The van der Waals surface area contributed by atoms with E-state index in [0.717, 1.165) is 49.3 Å². The fourth-order valence-electron chi connectivity index (χ4n) is 3.30. The topological polar surface area (TPSA) is 83.4 Å². The molecule has 0 amide bonds. The minimum Gasteiger partial charge on any atom is -0.367 e. The monoisotopic (exact) mass is 347 g/mol. The molecule has 8 heteroatoms. The molecule has 1 atom stereocenters. The summed E-state index contributed by atoms with van der Waals surface area (Å²) >= 11 is 6.49. The van der Waals surface area contributed by atoms with Crippen molar-refractivity contribution in [1.82, 2.24) is 14.8 Å². The fourth-order valence-corrected chi connectivity index (χ4v) is 3.59. The normalized spacial score (nSPS) is 21.4. The number of H-pyrrole nitrogens is 1. The maximum atomic E-state index is 8.31. The lowest BCUT2D eigenvalue weighted by Crippen LogP contribution is -2.36. The van der Waals surface area contributed by atoms with Gasteiger partial charge in [0.05, 0.1) is 10.7 Å². The average molecular weight is 348 g/mol. The number of likely N-dealkylation sites (tertiary alicyclic amines) is 1. The van der Waals surface area contributed by atoms with E-state index >= 15 is 0 Å². The highest BCUT2D eigenvalue weighted by molar-refractivity contribution is 6.46. The Morgan fingerprint density at radius 1 is 1.50 bits per heavy atom. The second kappa shape index (κ2) is 7.75. The number of rotatable bonds is 6. The van der Waals surface area contributed by atoms with Crippen LogP contribution in [0.5, 0.6) is 0 Å². The Morgan fingerprint density at radius 3 is 3.08 bits per heavy atom. The van der Waals surface area contributed by atoms with Gasteiger partial charge in [0.15, 0.2) is 0 Å². The summed E-state index contributed by atoms with van der Waals surface area (Å²) in [5.74, 6) is 0. The predicted molar refractivity (Wildman–Crippen MR) is 96.2 cm³/mol. The van der Waals surface area contributed by atoms with Crippen molar-refractivity contribution in [3.8, 4) is 0 Å². The number of aromatic amines is 1. The molecule has 24 heavy (non-hydrogen) atoms. The largest absolute Gasteiger partial charge is 0.367 e. The first-order chi connectivity index (χ1) is 11.7. The molecule has 1 N–H and O–H groups in total. The van der Waals surface area contributed by atoms with Crippen molar-refractivity contribution in [2.75, 3.05) is 32.8 Å². The standard InChI is InChI=1S/C16H22ClN7/c1-12-7-19-8-14(12)16-15(17)10-24(11-20-16)13-3-6-23(9-13)5-2-4-21-22-18/h7-8,10,13,19H,2-6,9,11H2,1H3/t13-/m1/s1. The Hall–Kier alpha value is -1.95. The van der Waals surface area contributed by atoms with E-state index in [9.17, 15) is 0 Å². The molecule has 2 aliphatic heterocycles. The third kappa shape index (κ3) is 3.75. The molecule has 2 aliphatic rings. The van der Waals surface area contributed by atoms with Crippen molar-refractivity contribution in [2.24, 2.45) is 10.1 Å². The van der Waals surface area contributed by atoms with Gasteiger partial charge in [-0.25, -0.2) is 0 Å². The Labute approximate surface area is 146 Å². The number of hydrogen-bond acceptors (Lipinski definition) is 4. The zero-order chi connectivity index (χ0) is 16.9. The van der Waals surface area contributed by atoms with Gasteiger partial charge >= 0.3 is 0 Å². The minimum absolute atomic E-state index is 0.441. The summed E-state index contributed by atoms with van der Waals surface area (Å²) in [6, 6.07) is 0.441. The highest BCUT2D eigenvalue weighted by Crippen LogP contribution is 2.24. The number of hydrogen-bond donors (Lipinski definition) is 1. The number of azide groups is 1. The van der Waals surface area contributed by atoms with Crippen LogP contribution in [0.25, 0.3) is 10.4 Å². The molecular formula is C16H22ClN7. The molecule has 0 aromatic carbocycles. The lowest BCUT2D eigenvalue weighted by Gasteiger charge is -2.29. The molecule has 0 aliphatic carbocycles. The summed E-state index contributed by atoms with van der Waals surface area (Å²) < 4.78 is 0. The molecule has 128 valence electrons. The molecule has 1 aromatic heterocycles. The number of nitrogens with one attached hydrogen (secondary N) is 1. The smallest absolute Gasteiger partial charge is 0.110 e. The van der Waals surface area contributed by atoms with E-state index in [0.29, 0.717) is 24.3 Å². The third-order valence-electron chi connectivity index (χ3n) is 4.62. The second-order valence-corrected chi connectivity index (χ2v) is 6.65. The van der Waals surface area contributed by atoms with E-state index in [2.05, 4.69) is 31.7 Å². The first-order valence-electron chi connectivity index (χ1n) is 8.24. The van der Waals surface area contributed by atoms with Crippen LogP contribution in [-0.4, -0.2) is 59.4 Å². The summed E-state index contributed by atoms with van der Waals surface area (Å²) in [4.78, 5) is 15.2. The van der Waals surface area contributed by atoms with Crippen LogP contribution in [0, 0.1) is 6.92 Å². The summed E-state index contributed by atoms with van der Waals surface area (Å²) in [6.07, 6.45) is 7.95. The average Bonchev–Trinajstić information content (AvgIpc) is 3.21. The molecule has 0 bridgehead atoms. The van der Waals surface area contributed by atoms with Crippen molar-refractivity contribution >= 4 is 17.3 Å². The summed E-state index contributed by atoms with van der Waals surface area (Å²) in [6.45, 7) is 6.31. The van der Waals surface area contributed by atoms with Gasteiger partial charge in [0.2, 0.25) is 0 Å². The van der Waals surface area contributed by atoms with E-state index in [4.69, 9.17) is 22.1 Å². The van der Waals surface area contributed by atoms with Gasteiger partial charge in [-0.1, -0.05) is 16.7 Å². The van der Waals surface area contributed by atoms with Gasteiger partial charge < -0.3 is 14.8 Å². The summed E-state index contributed by atoms with van der Waals surface area (Å²) in [5.41, 5.74) is 11.4. The van der Waals surface area contributed by atoms with Crippen LogP contribution in [0.3, 0.4) is 0 Å². The quantitative estimate of drug-likeness (QED) is 0.371. The lowest BCUT2D eigenvalue weighted by atomic mass is 10.1. The van der Waals surface area contributed by atoms with Crippen molar-refractivity contribution in [2.45, 2.75) is 25.8 Å². The first-order valence-corrected chi connectivity index (χ1v) is 8.61. The summed E-state index contributed by atoms with van der Waals surface area (Å²) in [7, 11) is 0. The van der Waals surface area contributed by atoms with Crippen LogP contribution in [0.2, 0.25) is 0 Å². The van der Waals surface area contributed by atoms with E-state index in [1.165, 1.54) is 0 Å². The molecular weight excluding hydrogens is 326 g/mol. The Bertz CT molecular complexity index is 686. The van der Waals surface area contributed by atoms with Crippen LogP contribution in [-0.2, 0) is 0 Å². The van der Waals surface area contributed by atoms with E-state index in [1.807, 2.05) is 18.6 Å². The van der Waals surface area contributed by atoms with Gasteiger partial charge in [0, 0.05) is 54.7 Å². The van der Waals surface area contributed by atoms with Crippen LogP contribution in [0.4, 0.5) is 0 Å². The van der Waals surface area contributed by atoms with Crippen LogP contribution < -0.4 is 0 Å². The zero-order valence-electron chi connectivity index (χ0n) is 13.8. The predicted octanol–water partition coefficient (Wildman–Crippen LogP) is 3.24. The van der Waals surface area contributed by atoms with E-state index < -0.39 is 0 Å². The van der Waals surface area contributed by atoms with Gasteiger partial charge in [0.25, 0.3) is 0 Å². The first kappa shape index (κ1) is 16.9. The van der Waals surface area contributed by atoms with Gasteiger partial charge in [0.1, 0.15) is 6.67 Å². The molecule has 7 nitrogen and oxygen atoms in total. The Kier molecular flexibility index (Phi) is 5.45. The van der Waals surface area contributed by atoms with Crippen molar-refractivity contribution in [3.05, 3.63) is 45.2 Å². The van der Waals surface area contributed by atoms with Gasteiger partial charge in [-0.3, -0.25) is 4.99 Å². The number of allylic oxidation sites excluding steroid dienone is 1. The van der Waals surface area contributed by atoms with Gasteiger partial charge in [-0.05, 0) is 37.4 Å². The molecule has 3 rings (SSSR count). The Morgan fingerprint density at radius 2 is 2.38 bits per heavy atom. The van der Waals surface area contributed by atoms with Crippen LogP contribution in [0.1, 0.15) is 24.0 Å². The number of aliphatic imine (C=N–C) groups is 1. The van der Waals surface area contributed by atoms with Crippen LogP contribution >= 0.6 is 11.6 Å². The van der Waals surface area contributed by atoms with Gasteiger partial charge in [-0.2, -0.15) is 0 Å². The van der Waals surface area contributed by atoms with Crippen molar-refractivity contribution < 1.29 is 0 Å². The molecule has 0 radical (unpaired) electrons. The molecule has 1 aromatic rings. The minimum atomic E-state index is 0.441. The summed E-state index contributed by atoms with van der Waals surface area (Å²) in [5, 5.41) is 4.29. The number of aryl methyl sites for hydroxylation is 1. The fraction of sp³-hybridized carbons (Fsp3) is 0.562. The lowest BCUT2D eigenvalue weighted by molar-refractivity contribution is 0.260. The third-order valence-corrected chi connectivity index (χ3v) is 4.89. The maximum Gasteiger partial charge on any atom is 0.110 e. The van der Waals surface area contributed by atoms with Crippen molar-refractivity contribution in [1.29, 1.82) is 0 Å². The highest BCUT2D eigenvalue weighted by Gasteiger charge is 2.28. The molecule has 0 spiro atoms. The van der Waals surface area contributed by atoms with Crippen molar-refractivity contribution in [3.63, 3.8) is 0 Å². The van der Waals surface area contributed by atoms with Gasteiger partial charge in [-0.15, -0.1) is 0 Å². The number of halogens is 1. The van der Waals surface area contributed by atoms with Crippen LogP contribution in [0.15, 0.2) is 33.7 Å². The number of aromatic nitrogens is 1. The number of nitrogens with zero attached hydrogens (tertiary/aromatic N) is 6.